The van der Waals surface area contributed by atoms with Crippen LogP contribution < -0.4 is 10.1 Å². The number of hydrogen-bond donors (Lipinski definition) is 1. The molecule has 0 aliphatic carbocycles. The molecule has 0 heterocycles. The number of likely N-dealkylation sites (N-methyl/N-ethyl adjacent to an activating group) is 1. The van der Waals surface area contributed by atoms with Crippen LogP contribution in [0, 0.1) is 12.7 Å². The second-order valence-electron chi connectivity index (χ2n) is 5.17. The van der Waals surface area contributed by atoms with E-state index in [0.29, 0.717) is 37.4 Å². The summed E-state index contributed by atoms with van der Waals surface area (Å²) in [5.74, 6) is 0.133. The predicted octanol–water partition coefficient (Wildman–Crippen LogP) is 2.83. The smallest absolute Gasteiger partial charge is 0.326 e. The number of benzene rings is 1. The highest BCUT2D eigenvalue weighted by Gasteiger charge is 2.32. The Kier molecular flexibility index (Phi) is 6.62. The first-order valence-corrected chi connectivity index (χ1v) is 7.18. The van der Waals surface area contributed by atoms with Crippen LogP contribution in [0.1, 0.15) is 32.3 Å². The lowest BCUT2D eigenvalue weighted by Crippen LogP contribution is -2.48. The van der Waals surface area contributed by atoms with Gasteiger partial charge in [0.05, 0.1) is 13.2 Å². The van der Waals surface area contributed by atoms with Crippen molar-refractivity contribution in [2.75, 3.05) is 20.3 Å². The fourth-order valence-electron chi connectivity index (χ4n) is 1.94. The molecule has 1 aromatic rings. The van der Waals surface area contributed by atoms with Crippen molar-refractivity contribution in [3.8, 4) is 5.75 Å². The largest absolute Gasteiger partial charge is 0.494 e. The average molecular weight is 297 g/mol. The lowest BCUT2D eigenvalue weighted by molar-refractivity contribution is -0.150. The fourth-order valence-corrected chi connectivity index (χ4v) is 1.94. The van der Waals surface area contributed by atoms with E-state index < -0.39 is 5.54 Å². The first-order valence-electron chi connectivity index (χ1n) is 7.18. The van der Waals surface area contributed by atoms with E-state index >= 15 is 0 Å². The maximum atomic E-state index is 13.1. The highest BCUT2D eigenvalue weighted by atomic mass is 19.1. The highest BCUT2D eigenvalue weighted by molar-refractivity contribution is 5.80. The van der Waals surface area contributed by atoms with E-state index in [1.807, 2.05) is 6.92 Å². The van der Waals surface area contributed by atoms with Crippen molar-refractivity contribution in [2.24, 2.45) is 0 Å². The fraction of sp³-hybridized carbons (Fsp3) is 0.562. The standard InChI is InChI=1S/C16H24FNO3/c1-5-20-15(19)16(3,18-4)9-6-10-21-13-7-8-14(17)12(2)11-13/h7-8,11,18H,5-6,9-10H2,1-4H3. The van der Waals surface area contributed by atoms with Crippen LogP contribution in [0.2, 0.25) is 0 Å². The SMILES string of the molecule is CCOC(=O)C(C)(CCCOc1ccc(F)c(C)c1)NC. The number of carbonyl (C=O) groups excluding carboxylic acids is 1. The number of halogens is 1. The van der Waals surface area contributed by atoms with Crippen molar-refractivity contribution in [2.45, 2.75) is 39.2 Å². The second kappa shape index (κ2) is 7.98. The van der Waals surface area contributed by atoms with Crippen LogP contribution in [0.3, 0.4) is 0 Å². The molecule has 0 saturated heterocycles. The van der Waals surface area contributed by atoms with Crippen molar-refractivity contribution >= 4 is 5.97 Å². The van der Waals surface area contributed by atoms with E-state index in [9.17, 15) is 9.18 Å². The molecule has 0 aliphatic heterocycles. The molecule has 1 rings (SSSR count). The van der Waals surface area contributed by atoms with Gasteiger partial charge in [-0.3, -0.25) is 4.79 Å². The van der Waals surface area contributed by atoms with Gasteiger partial charge in [0.25, 0.3) is 0 Å². The molecule has 0 amide bonds. The van der Waals surface area contributed by atoms with Crippen LogP contribution in [-0.2, 0) is 9.53 Å². The number of ether oxygens (including phenoxy) is 2. The van der Waals surface area contributed by atoms with Crippen molar-refractivity contribution in [1.29, 1.82) is 0 Å². The van der Waals surface area contributed by atoms with E-state index in [-0.39, 0.29) is 11.8 Å². The van der Waals surface area contributed by atoms with Gasteiger partial charge in [-0.15, -0.1) is 0 Å². The van der Waals surface area contributed by atoms with Gasteiger partial charge in [-0.1, -0.05) is 0 Å². The van der Waals surface area contributed by atoms with E-state index in [1.165, 1.54) is 6.07 Å². The maximum Gasteiger partial charge on any atom is 0.326 e. The third-order valence-electron chi connectivity index (χ3n) is 3.50. The van der Waals surface area contributed by atoms with Gasteiger partial charge in [0, 0.05) is 0 Å². The Balaban J connectivity index is 2.44. The minimum atomic E-state index is -0.710. The molecule has 0 aromatic heterocycles. The van der Waals surface area contributed by atoms with Gasteiger partial charge >= 0.3 is 5.97 Å². The third-order valence-corrected chi connectivity index (χ3v) is 3.50. The molecule has 1 unspecified atom stereocenters. The first-order chi connectivity index (χ1) is 9.92. The summed E-state index contributed by atoms with van der Waals surface area (Å²) in [5.41, 5.74) is -0.156. The van der Waals surface area contributed by atoms with Crippen molar-refractivity contribution in [3.05, 3.63) is 29.6 Å². The van der Waals surface area contributed by atoms with Gasteiger partial charge in [-0.05, 0) is 64.4 Å². The molecule has 0 bridgehead atoms. The van der Waals surface area contributed by atoms with Crippen molar-refractivity contribution < 1.29 is 18.7 Å². The molecule has 1 N–H and O–H groups in total. The van der Waals surface area contributed by atoms with Crippen LogP contribution in [0.4, 0.5) is 4.39 Å². The topological polar surface area (TPSA) is 47.6 Å². The number of esters is 1. The molecule has 21 heavy (non-hydrogen) atoms. The zero-order valence-electron chi connectivity index (χ0n) is 13.2. The maximum absolute atomic E-state index is 13.1. The van der Waals surface area contributed by atoms with Gasteiger partial charge in [-0.25, -0.2) is 4.39 Å². The summed E-state index contributed by atoms with van der Waals surface area (Å²) in [4.78, 5) is 11.9. The second-order valence-corrected chi connectivity index (χ2v) is 5.17. The summed E-state index contributed by atoms with van der Waals surface area (Å²) >= 11 is 0. The molecule has 118 valence electrons. The number of rotatable bonds is 8. The molecule has 0 aliphatic rings. The van der Waals surface area contributed by atoms with Gasteiger partial charge < -0.3 is 14.8 Å². The number of carbonyl (C=O) groups is 1. The molecule has 0 spiro atoms. The Hall–Kier alpha value is -1.62. The quantitative estimate of drug-likeness (QED) is 0.592. The van der Waals surface area contributed by atoms with Gasteiger partial charge in [-0.2, -0.15) is 0 Å². The van der Waals surface area contributed by atoms with Crippen LogP contribution in [-0.4, -0.2) is 31.8 Å². The number of aryl methyl sites for hydroxylation is 1. The monoisotopic (exact) mass is 297 g/mol. The Morgan fingerprint density at radius 3 is 2.71 bits per heavy atom. The minimum absolute atomic E-state index is 0.243. The zero-order valence-corrected chi connectivity index (χ0v) is 13.2. The first kappa shape index (κ1) is 17.4. The Morgan fingerprint density at radius 1 is 1.43 bits per heavy atom. The summed E-state index contributed by atoms with van der Waals surface area (Å²) in [6, 6.07) is 4.66. The molecule has 4 nitrogen and oxygen atoms in total. The van der Waals surface area contributed by atoms with Gasteiger partial charge in [0.1, 0.15) is 17.1 Å². The molecule has 0 saturated carbocycles. The number of nitrogens with one attached hydrogen (secondary N) is 1. The van der Waals surface area contributed by atoms with E-state index in [0.717, 1.165) is 0 Å². The summed E-state index contributed by atoms with van der Waals surface area (Å²) < 4.78 is 23.8. The van der Waals surface area contributed by atoms with Crippen LogP contribution in [0.25, 0.3) is 0 Å². The lowest BCUT2D eigenvalue weighted by Gasteiger charge is -2.26. The summed E-state index contributed by atoms with van der Waals surface area (Å²) in [6.45, 7) is 6.12. The van der Waals surface area contributed by atoms with Gasteiger partial charge in [0.2, 0.25) is 0 Å². The van der Waals surface area contributed by atoms with Crippen LogP contribution in [0.5, 0.6) is 5.75 Å². The normalized spacial score (nSPS) is 13.6. The summed E-state index contributed by atoms with van der Waals surface area (Å²) in [5, 5.41) is 3.00. The van der Waals surface area contributed by atoms with Crippen LogP contribution >= 0.6 is 0 Å². The summed E-state index contributed by atoms with van der Waals surface area (Å²) in [6.07, 6.45) is 1.29. The minimum Gasteiger partial charge on any atom is -0.494 e. The molecular weight excluding hydrogens is 273 g/mol. The zero-order chi connectivity index (χ0) is 15.9. The Bertz CT molecular complexity index is 479. The highest BCUT2D eigenvalue weighted by Crippen LogP contribution is 2.18. The molecule has 1 atom stereocenters. The molecule has 1 aromatic carbocycles. The predicted molar refractivity (Wildman–Crippen MR) is 80.0 cm³/mol. The Morgan fingerprint density at radius 2 is 2.14 bits per heavy atom. The number of hydrogen-bond acceptors (Lipinski definition) is 4. The molecule has 0 radical (unpaired) electrons. The Labute approximate surface area is 125 Å². The van der Waals surface area contributed by atoms with Crippen LogP contribution in [0.15, 0.2) is 18.2 Å². The third kappa shape index (κ3) is 5.01. The van der Waals surface area contributed by atoms with Gasteiger partial charge in [0.15, 0.2) is 0 Å². The van der Waals surface area contributed by atoms with Crippen molar-refractivity contribution in [3.63, 3.8) is 0 Å². The lowest BCUT2D eigenvalue weighted by atomic mass is 9.96. The van der Waals surface area contributed by atoms with E-state index in [1.54, 1.807) is 33.0 Å². The van der Waals surface area contributed by atoms with E-state index in [4.69, 9.17) is 9.47 Å². The molecule has 5 heteroatoms. The molecular formula is C16H24FNO3. The van der Waals surface area contributed by atoms with Crippen molar-refractivity contribution in [1.82, 2.24) is 5.32 Å². The average Bonchev–Trinajstić information content (AvgIpc) is 2.47. The summed E-state index contributed by atoms with van der Waals surface area (Å²) in [7, 11) is 1.74. The van der Waals surface area contributed by atoms with E-state index in [2.05, 4.69) is 5.32 Å². The molecule has 0 fully saturated rings.